The summed E-state index contributed by atoms with van der Waals surface area (Å²) < 4.78 is 5.74. The number of thioether (sulfide) groups is 1. The molecule has 1 aliphatic heterocycles. The van der Waals surface area contributed by atoms with Gasteiger partial charge < -0.3 is 10.1 Å². The van der Waals surface area contributed by atoms with Crippen molar-refractivity contribution < 1.29 is 9.53 Å². The first-order valence-corrected chi connectivity index (χ1v) is 7.72. The molecule has 1 saturated carbocycles. The number of hydrogen-bond donors (Lipinski definition) is 2. The fraction of sp³-hybridized carbons (Fsp3) is 0.917. The molecule has 1 atom stereocenters. The highest BCUT2D eigenvalue weighted by Gasteiger charge is 2.21. The van der Waals surface area contributed by atoms with Crippen LogP contribution in [0.4, 0.5) is 0 Å². The zero-order chi connectivity index (χ0) is 11.9. The first-order valence-electron chi connectivity index (χ1n) is 6.57. The Morgan fingerprint density at radius 3 is 2.83 bits per heavy atom. The summed E-state index contributed by atoms with van der Waals surface area (Å²) in [5.41, 5.74) is 0. The lowest BCUT2D eigenvalue weighted by Gasteiger charge is -2.12. The molecule has 2 fully saturated rings. The lowest BCUT2D eigenvalue weighted by Crippen LogP contribution is -2.42. The molecule has 106 valence electrons. The van der Waals surface area contributed by atoms with Crippen molar-refractivity contribution in [1.29, 1.82) is 0 Å². The third kappa shape index (κ3) is 5.34. The Morgan fingerprint density at radius 2 is 2.17 bits per heavy atom. The predicted molar refractivity (Wildman–Crippen MR) is 77.3 cm³/mol. The van der Waals surface area contributed by atoms with E-state index in [1.807, 2.05) is 0 Å². The SMILES string of the molecule is Cl.O=C(NCCCOC1CCCC1)C1CSCN1. The van der Waals surface area contributed by atoms with Crippen molar-refractivity contribution in [3.63, 3.8) is 0 Å². The molecule has 0 spiro atoms. The molecule has 1 saturated heterocycles. The second-order valence-electron chi connectivity index (χ2n) is 4.69. The van der Waals surface area contributed by atoms with Gasteiger partial charge in [-0.05, 0) is 19.3 Å². The number of halogens is 1. The van der Waals surface area contributed by atoms with Gasteiger partial charge in [-0.25, -0.2) is 0 Å². The van der Waals surface area contributed by atoms with Crippen molar-refractivity contribution in [2.45, 2.75) is 44.2 Å². The summed E-state index contributed by atoms with van der Waals surface area (Å²) in [4.78, 5) is 11.6. The first-order chi connectivity index (χ1) is 8.36. The molecule has 0 aromatic carbocycles. The normalized spacial score (nSPS) is 23.9. The lowest BCUT2D eigenvalue weighted by molar-refractivity contribution is -0.122. The van der Waals surface area contributed by atoms with E-state index in [1.54, 1.807) is 11.8 Å². The molecule has 1 unspecified atom stereocenters. The van der Waals surface area contributed by atoms with E-state index >= 15 is 0 Å². The summed E-state index contributed by atoms with van der Waals surface area (Å²) in [6, 6.07) is 0.00995. The first kappa shape index (κ1) is 16.1. The molecule has 4 nitrogen and oxygen atoms in total. The molecule has 1 aliphatic carbocycles. The Morgan fingerprint density at radius 1 is 1.39 bits per heavy atom. The molecular formula is C12H23ClN2O2S. The van der Waals surface area contributed by atoms with Gasteiger partial charge in [0.05, 0.1) is 12.1 Å². The van der Waals surface area contributed by atoms with E-state index in [4.69, 9.17) is 4.74 Å². The molecule has 2 N–H and O–H groups in total. The van der Waals surface area contributed by atoms with Crippen LogP contribution in [0.2, 0.25) is 0 Å². The van der Waals surface area contributed by atoms with Gasteiger partial charge in [-0.3, -0.25) is 10.1 Å². The highest BCUT2D eigenvalue weighted by molar-refractivity contribution is 7.99. The van der Waals surface area contributed by atoms with Crippen molar-refractivity contribution in [1.82, 2.24) is 10.6 Å². The lowest BCUT2D eigenvalue weighted by atomic mass is 10.3. The van der Waals surface area contributed by atoms with Crippen LogP contribution in [-0.4, -0.2) is 42.8 Å². The maximum Gasteiger partial charge on any atom is 0.238 e. The van der Waals surface area contributed by atoms with Crippen molar-refractivity contribution in [2.24, 2.45) is 0 Å². The maximum absolute atomic E-state index is 11.6. The average Bonchev–Trinajstić information content (AvgIpc) is 3.01. The molecule has 18 heavy (non-hydrogen) atoms. The fourth-order valence-electron chi connectivity index (χ4n) is 2.28. The minimum atomic E-state index is 0. The molecule has 0 aromatic heterocycles. The van der Waals surface area contributed by atoms with Gasteiger partial charge in [0.2, 0.25) is 5.91 Å². The van der Waals surface area contributed by atoms with Gasteiger partial charge in [0.1, 0.15) is 0 Å². The number of carbonyl (C=O) groups is 1. The number of carbonyl (C=O) groups excluding carboxylic acids is 1. The number of amides is 1. The molecule has 6 heteroatoms. The Kier molecular flexibility index (Phi) is 8.06. The van der Waals surface area contributed by atoms with Gasteiger partial charge in [0.15, 0.2) is 0 Å². The van der Waals surface area contributed by atoms with E-state index < -0.39 is 0 Å². The molecule has 2 aliphatic rings. The van der Waals surface area contributed by atoms with Gasteiger partial charge in [-0.15, -0.1) is 24.2 Å². The predicted octanol–water partition coefficient (Wildman–Crippen LogP) is 1.54. The van der Waals surface area contributed by atoms with E-state index in [9.17, 15) is 4.79 Å². The molecule has 2 rings (SSSR count). The summed E-state index contributed by atoms with van der Waals surface area (Å²) in [7, 11) is 0. The van der Waals surface area contributed by atoms with Crippen molar-refractivity contribution in [3.05, 3.63) is 0 Å². The molecule has 0 bridgehead atoms. The summed E-state index contributed by atoms with van der Waals surface area (Å²) >= 11 is 1.77. The third-order valence-corrected chi connectivity index (χ3v) is 4.25. The standard InChI is InChI=1S/C12H22N2O2S.ClH/c15-12(11-8-17-9-14-11)13-6-3-7-16-10-4-1-2-5-10;/h10-11,14H,1-9H2,(H,13,15);1H. The van der Waals surface area contributed by atoms with Gasteiger partial charge >= 0.3 is 0 Å². The molecule has 0 aromatic rings. The van der Waals surface area contributed by atoms with Crippen molar-refractivity contribution in [2.75, 3.05) is 24.8 Å². The zero-order valence-corrected chi connectivity index (χ0v) is 12.3. The van der Waals surface area contributed by atoms with E-state index in [0.717, 1.165) is 31.2 Å². The van der Waals surface area contributed by atoms with Crippen LogP contribution >= 0.6 is 24.2 Å². The molecule has 1 amide bonds. The van der Waals surface area contributed by atoms with E-state index in [1.165, 1.54) is 25.7 Å². The largest absolute Gasteiger partial charge is 0.378 e. The second kappa shape index (κ2) is 9.02. The summed E-state index contributed by atoms with van der Waals surface area (Å²) in [6.07, 6.45) is 6.46. The summed E-state index contributed by atoms with van der Waals surface area (Å²) in [5.74, 6) is 1.92. The van der Waals surface area contributed by atoms with Gasteiger partial charge in [0.25, 0.3) is 0 Å². The van der Waals surface area contributed by atoms with Crippen LogP contribution in [0, 0.1) is 0 Å². The van der Waals surface area contributed by atoms with Gasteiger partial charge in [-0.2, -0.15) is 0 Å². The monoisotopic (exact) mass is 294 g/mol. The highest BCUT2D eigenvalue weighted by Crippen LogP contribution is 2.20. The van der Waals surface area contributed by atoms with Crippen molar-refractivity contribution in [3.8, 4) is 0 Å². The Balaban J connectivity index is 0.00000162. The van der Waals surface area contributed by atoms with Crippen LogP contribution in [-0.2, 0) is 9.53 Å². The van der Waals surface area contributed by atoms with Crippen molar-refractivity contribution >= 4 is 30.1 Å². The number of nitrogens with one attached hydrogen (secondary N) is 2. The quantitative estimate of drug-likeness (QED) is 0.730. The number of hydrogen-bond acceptors (Lipinski definition) is 4. The molecular weight excluding hydrogens is 272 g/mol. The van der Waals surface area contributed by atoms with Crippen LogP contribution in [0.1, 0.15) is 32.1 Å². The van der Waals surface area contributed by atoms with E-state index in [-0.39, 0.29) is 24.4 Å². The topological polar surface area (TPSA) is 50.4 Å². The van der Waals surface area contributed by atoms with Crippen LogP contribution in [0.3, 0.4) is 0 Å². The zero-order valence-electron chi connectivity index (χ0n) is 10.7. The van der Waals surface area contributed by atoms with Crippen LogP contribution in [0.5, 0.6) is 0 Å². The van der Waals surface area contributed by atoms with E-state index in [2.05, 4.69) is 10.6 Å². The van der Waals surface area contributed by atoms with E-state index in [0.29, 0.717) is 6.10 Å². The summed E-state index contributed by atoms with van der Waals surface area (Å²) in [5, 5.41) is 6.12. The van der Waals surface area contributed by atoms with Crippen LogP contribution in [0.25, 0.3) is 0 Å². The second-order valence-corrected chi connectivity index (χ2v) is 5.72. The Bertz CT molecular complexity index is 244. The van der Waals surface area contributed by atoms with Gasteiger partial charge in [-0.1, -0.05) is 12.8 Å². The number of ether oxygens (including phenoxy) is 1. The fourth-order valence-corrected chi connectivity index (χ4v) is 3.22. The average molecular weight is 295 g/mol. The minimum absolute atomic E-state index is 0. The maximum atomic E-state index is 11.6. The molecule has 0 radical (unpaired) electrons. The van der Waals surface area contributed by atoms with Gasteiger partial charge in [0, 0.05) is 24.8 Å². The Hall–Kier alpha value is 0.0300. The number of rotatable bonds is 6. The van der Waals surface area contributed by atoms with Crippen LogP contribution in [0.15, 0.2) is 0 Å². The smallest absolute Gasteiger partial charge is 0.238 e. The third-order valence-electron chi connectivity index (χ3n) is 3.31. The molecule has 1 heterocycles. The summed E-state index contributed by atoms with van der Waals surface area (Å²) in [6.45, 7) is 1.51. The minimum Gasteiger partial charge on any atom is -0.378 e. The Labute approximate surface area is 119 Å². The highest BCUT2D eigenvalue weighted by atomic mass is 35.5. The van der Waals surface area contributed by atoms with Crippen LogP contribution < -0.4 is 10.6 Å².